The van der Waals surface area contributed by atoms with Gasteiger partial charge in [0.05, 0.1) is 45.1 Å². The van der Waals surface area contributed by atoms with E-state index in [0.717, 1.165) is 31.4 Å². The fraction of sp³-hybridized carbons (Fsp3) is 0.457. The van der Waals surface area contributed by atoms with Gasteiger partial charge in [-0.25, -0.2) is 24.0 Å². The standard InChI is InChI=1S/C16H20O6S.C12H14O5S.C8H8O3.C6H10Br2O2.C4H8O/c1-11(17)23-9-5-8-14(16(19)21-3)22-13-7-4-6-12(10-13)15(18)20-2;13-11(14)8-3-1-4-9(7-8)17-10(12(15)16)5-2-6-18;1-11-8(10)6-3-2-4-7(9)5-6;1-10-6(9)5(8)3-2-4-7;1-2-4-5-3-1/h4,6-7,10,14H,5,8-9H2,1-3H3;1,3-4,7,10,18H,2,5-6H2,(H,13,14)(H,15,16);2-5,9H,1H3;5H,2-4H2,1H3;1-4H2. The summed E-state index contributed by atoms with van der Waals surface area (Å²) in [5.41, 5.74) is 0.749. The first kappa shape index (κ1) is 62.2. The summed E-state index contributed by atoms with van der Waals surface area (Å²) in [5, 5.41) is 27.7. The number of phenolic OH excluding ortho intramolecular Hbond substituents is 1. The number of ether oxygens (including phenoxy) is 7. The number of halogens is 2. The normalized spacial score (nSPS) is 12.3. The van der Waals surface area contributed by atoms with E-state index in [1.807, 2.05) is 0 Å². The molecule has 3 aromatic carbocycles. The van der Waals surface area contributed by atoms with Gasteiger partial charge in [0.1, 0.15) is 22.1 Å². The summed E-state index contributed by atoms with van der Waals surface area (Å²) >= 11 is 11.7. The number of benzene rings is 3. The minimum atomic E-state index is -1.08. The van der Waals surface area contributed by atoms with Gasteiger partial charge in [-0.05, 0) is 112 Å². The molecule has 372 valence electrons. The zero-order valence-electron chi connectivity index (χ0n) is 38.0. The molecular formula is C46H60Br2O17S2. The van der Waals surface area contributed by atoms with Crippen LogP contribution in [0.25, 0.3) is 0 Å². The quantitative estimate of drug-likeness (QED) is 0.0272. The van der Waals surface area contributed by atoms with Crippen molar-refractivity contribution in [2.75, 3.05) is 58.5 Å². The predicted molar refractivity (Wildman–Crippen MR) is 262 cm³/mol. The monoisotopic (exact) mass is 1110 g/mol. The molecule has 1 aliphatic heterocycles. The summed E-state index contributed by atoms with van der Waals surface area (Å²) in [6.07, 6.45) is 4.55. The van der Waals surface area contributed by atoms with Crippen LogP contribution in [0.3, 0.4) is 0 Å². The number of aliphatic carboxylic acids is 1. The van der Waals surface area contributed by atoms with E-state index in [1.165, 1.54) is 102 Å². The Morgan fingerprint density at radius 1 is 0.687 bits per heavy atom. The van der Waals surface area contributed by atoms with Crippen molar-refractivity contribution >= 4 is 97.2 Å². The second-order valence-electron chi connectivity index (χ2n) is 13.5. The number of hydrogen-bond acceptors (Lipinski definition) is 17. The lowest BCUT2D eigenvalue weighted by Crippen LogP contribution is -2.28. The number of aromatic hydroxyl groups is 1. The van der Waals surface area contributed by atoms with Gasteiger partial charge >= 0.3 is 35.8 Å². The smallest absolute Gasteiger partial charge is 0.347 e. The summed E-state index contributed by atoms with van der Waals surface area (Å²) in [6.45, 7) is 3.50. The first-order valence-corrected chi connectivity index (χ1v) is 24.3. The van der Waals surface area contributed by atoms with E-state index in [4.69, 9.17) is 34.3 Å². The third kappa shape index (κ3) is 29.5. The highest BCUT2D eigenvalue weighted by molar-refractivity contribution is 9.10. The number of thiol groups is 1. The highest BCUT2D eigenvalue weighted by Gasteiger charge is 2.22. The summed E-state index contributed by atoms with van der Waals surface area (Å²) in [5.74, 6) is -1.92. The molecule has 1 aliphatic rings. The number of thioether (sulfide) groups is 1. The maximum Gasteiger partial charge on any atom is 0.347 e. The van der Waals surface area contributed by atoms with Gasteiger partial charge in [0, 0.05) is 31.2 Å². The van der Waals surface area contributed by atoms with Gasteiger partial charge in [-0.15, -0.1) is 0 Å². The Hall–Kier alpha value is -4.83. The van der Waals surface area contributed by atoms with Gasteiger partial charge in [-0.3, -0.25) is 9.59 Å². The van der Waals surface area contributed by atoms with Crippen molar-refractivity contribution in [1.82, 2.24) is 0 Å². The maximum absolute atomic E-state index is 11.8. The van der Waals surface area contributed by atoms with Crippen molar-refractivity contribution in [3.63, 3.8) is 0 Å². The molecule has 1 saturated heterocycles. The molecule has 4 rings (SSSR count). The summed E-state index contributed by atoms with van der Waals surface area (Å²) in [7, 11) is 5.27. The lowest BCUT2D eigenvalue weighted by molar-refractivity contribution is -0.149. The van der Waals surface area contributed by atoms with Gasteiger partial charge in [-0.2, -0.15) is 12.6 Å². The Morgan fingerprint density at radius 2 is 1.19 bits per heavy atom. The lowest BCUT2D eigenvalue weighted by Gasteiger charge is -2.17. The van der Waals surface area contributed by atoms with Crippen LogP contribution in [0.5, 0.6) is 17.2 Å². The second-order valence-corrected chi connectivity index (χ2v) is 17.1. The molecule has 1 heterocycles. The molecule has 21 heteroatoms. The van der Waals surface area contributed by atoms with Crippen molar-refractivity contribution in [3.8, 4) is 17.2 Å². The van der Waals surface area contributed by atoms with Crippen LogP contribution in [0.15, 0.2) is 72.8 Å². The predicted octanol–water partition coefficient (Wildman–Crippen LogP) is 8.45. The number of rotatable bonds is 20. The molecule has 3 aromatic rings. The fourth-order valence-corrected chi connectivity index (χ4v) is 6.57. The highest BCUT2D eigenvalue weighted by atomic mass is 79.9. The van der Waals surface area contributed by atoms with Crippen molar-refractivity contribution in [2.24, 2.45) is 0 Å². The number of carbonyl (C=O) groups is 7. The average molecular weight is 1110 g/mol. The van der Waals surface area contributed by atoms with E-state index >= 15 is 0 Å². The molecule has 3 atom stereocenters. The largest absolute Gasteiger partial charge is 0.508 e. The van der Waals surface area contributed by atoms with E-state index in [0.29, 0.717) is 54.1 Å². The number of carbonyl (C=O) groups excluding carboxylic acids is 5. The van der Waals surface area contributed by atoms with Crippen LogP contribution in [0, 0.1) is 0 Å². The summed E-state index contributed by atoms with van der Waals surface area (Å²) in [6, 6.07) is 18.2. The molecule has 3 N–H and O–H groups in total. The number of alkyl halides is 2. The zero-order valence-corrected chi connectivity index (χ0v) is 42.9. The number of carboxylic acid groups (broad SMARTS) is 2. The van der Waals surface area contributed by atoms with Crippen LogP contribution < -0.4 is 9.47 Å². The number of methoxy groups -OCH3 is 4. The Balaban J connectivity index is 0.000000875. The molecule has 17 nitrogen and oxygen atoms in total. The Labute approximate surface area is 417 Å². The van der Waals surface area contributed by atoms with Crippen LogP contribution >= 0.6 is 56.3 Å². The minimum absolute atomic E-state index is 0.0336. The molecule has 0 aromatic heterocycles. The van der Waals surface area contributed by atoms with E-state index in [-0.39, 0.29) is 33.0 Å². The molecule has 0 bridgehead atoms. The number of carboxylic acids is 2. The van der Waals surface area contributed by atoms with Crippen LogP contribution in [-0.2, 0) is 42.9 Å². The molecule has 0 radical (unpaired) electrons. The second kappa shape index (κ2) is 38.2. The molecule has 0 aliphatic carbocycles. The fourth-order valence-electron chi connectivity index (χ4n) is 4.96. The third-order valence-corrected chi connectivity index (χ3v) is 10.9. The van der Waals surface area contributed by atoms with E-state index in [9.17, 15) is 33.6 Å². The van der Waals surface area contributed by atoms with Crippen molar-refractivity contribution < 1.29 is 82.0 Å². The number of phenols is 1. The molecule has 3 unspecified atom stereocenters. The number of hydrogen-bond donors (Lipinski definition) is 4. The minimum Gasteiger partial charge on any atom is -0.508 e. The van der Waals surface area contributed by atoms with Crippen molar-refractivity contribution in [1.29, 1.82) is 0 Å². The number of aromatic carboxylic acids is 1. The third-order valence-electron chi connectivity index (χ3n) is 8.32. The summed E-state index contributed by atoms with van der Waals surface area (Å²) < 4.78 is 34.2. The van der Waals surface area contributed by atoms with E-state index in [2.05, 4.69) is 58.7 Å². The number of esters is 4. The molecule has 0 spiro atoms. The van der Waals surface area contributed by atoms with Gasteiger partial charge in [-0.1, -0.05) is 61.8 Å². The van der Waals surface area contributed by atoms with Crippen LogP contribution in [0.2, 0.25) is 0 Å². The Bertz CT molecular complexity index is 1940. The van der Waals surface area contributed by atoms with Gasteiger partial charge in [0.2, 0.25) is 0 Å². The summed E-state index contributed by atoms with van der Waals surface area (Å²) in [4.78, 5) is 77.4. The van der Waals surface area contributed by atoms with E-state index < -0.39 is 42.1 Å². The molecule has 0 saturated carbocycles. The molecular weight excluding hydrogens is 1050 g/mol. The highest BCUT2D eigenvalue weighted by Crippen LogP contribution is 2.20. The van der Waals surface area contributed by atoms with Gasteiger partial charge < -0.3 is 48.5 Å². The van der Waals surface area contributed by atoms with Crippen molar-refractivity contribution in [3.05, 3.63) is 89.5 Å². The average Bonchev–Trinajstić information content (AvgIpc) is 3.93. The first-order valence-electron chi connectivity index (χ1n) is 20.6. The van der Waals surface area contributed by atoms with Gasteiger partial charge in [0.25, 0.3) is 0 Å². The Morgan fingerprint density at radius 3 is 1.64 bits per heavy atom. The molecule has 0 amide bonds. The lowest BCUT2D eigenvalue weighted by atomic mass is 10.2. The zero-order chi connectivity index (χ0) is 50.6. The van der Waals surface area contributed by atoms with E-state index in [1.54, 1.807) is 30.3 Å². The maximum atomic E-state index is 11.8. The molecule has 67 heavy (non-hydrogen) atoms. The molecule has 1 fully saturated rings. The Kier molecular flexibility index (Phi) is 35.4. The SMILES string of the molecule is C1CCOC1.COC(=O)C(Br)CCCBr.COC(=O)c1cccc(O)c1.COC(=O)c1cccc(OC(CCCSC(C)=O)C(=O)OC)c1.O=C(O)c1cccc(OC(CCCS)C(=O)O)c1. The van der Waals surface area contributed by atoms with Crippen LogP contribution in [-0.4, -0.2) is 132 Å². The van der Waals surface area contributed by atoms with Gasteiger partial charge in [0.15, 0.2) is 17.3 Å². The first-order chi connectivity index (χ1) is 32.0. The van der Waals surface area contributed by atoms with Crippen LogP contribution in [0.4, 0.5) is 0 Å². The van der Waals surface area contributed by atoms with Crippen molar-refractivity contribution in [2.45, 2.75) is 75.3 Å². The topological polar surface area (TPSA) is 245 Å². The van der Waals surface area contributed by atoms with Crippen LogP contribution in [0.1, 0.15) is 89.4 Å².